The van der Waals surface area contributed by atoms with Crippen LogP contribution in [0.1, 0.15) is 83.5 Å². The summed E-state index contributed by atoms with van der Waals surface area (Å²) in [7, 11) is 0. The molecule has 1 aliphatic rings. The third-order valence-corrected chi connectivity index (χ3v) is 4.03. The Morgan fingerprint density at radius 2 is 1.20 bits per heavy atom. The van der Waals surface area contributed by atoms with Crippen molar-refractivity contribution in [1.29, 1.82) is 0 Å². The zero-order valence-corrected chi connectivity index (χ0v) is 12.9. The van der Waals surface area contributed by atoms with Gasteiger partial charge in [0.05, 0.1) is 0 Å². The minimum Gasteiger partial charge on any atom is -0.369 e. The molecule has 4 N–H and O–H groups in total. The van der Waals surface area contributed by atoms with Gasteiger partial charge in [0.1, 0.15) is 0 Å². The van der Waals surface area contributed by atoms with Crippen molar-refractivity contribution in [3.8, 4) is 0 Å². The Bertz CT molecular complexity index is 282. The molecule has 5 nitrogen and oxygen atoms in total. The van der Waals surface area contributed by atoms with E-state index >= 15 is 0 Å². The average molecular weight is 287 g/mol. The Kier molecular flexibility index (Phi) is 11.3. The summed E-state index contributed by atoms with van der Waals surface area (Å²) in [4.78, 5) is 22.4. The van der Waals surface area contributed by atoms with Gasteiger partial charge in [-0.25, -0.2) is 0 Å². The first-order chi connectivity index (χ1) is 9.22. The van der Waals surface area contributed by atoms with Gasteiger partial charge < -0.3 is 6.15 Å². The lowest BCUT2D eigenvalue weighted by molar-refractivity contribution is -0.508. The van der Waals surface area contributed by atoms with E-state index in [1.165, 1.54) is 32.1 Å². The summed E-state index contributed by atoms with van der Waals surface area (Å²) in [5.74, 6) is -0.153. The maximum Gasteiger partial charge on any atom is 0.270 e. The zero-order valence-electron chi connectivity index (χ0n) is 12.9. The SMILES string of the molecule is O=C1CCCCCCCCCCCCCC1[N+](=O)[O-].[NH4+]. The number of ketones is 1. The van der Waals surface area contributed by atoms with Gasteiger partial charge in [0.2, 0.25) is 5.78 Å². The van der Waals surface area contributed by atoms with Gasteiger partial charge in [-0.1, -0.05) is 57.8 Å². The summed E-state index contributed by atoms with van der Waals surface area (Å²) in [5.41, 5.74) is 0. The van der Waals surface area contributed by atoms with Gasteiger partial charge >= 0.3 is 0 Å². The van der Waals surface area contributed by atoms with Gasteiger partial charge in [-0.05, 0) is 12.8 Å². The quantitative estimate of drug-likeness (QED) is 0.561. The standard InChI is InChI=1S/C15H27NO3.H3N/c17-15-13-11-9-7-5-3-1-2-4-6-8-10-12-14(15)16(18)19;/h14H,1-13H2;1H3/p+1. The van der Waals surface area contributed by atoms with Gasteiger partial charge in [-0.2, -0.15) is 0 Å². The number of hydrogen-bond donors (Lipinski definition) is 1. The van der Waals surface area contributed by atoms with Crippen molar-refractivity contribution in [3.05, 3.63) is 10.1 Å². The largest absolute Gasteiger partial charge is 0.369 e. The highest BCUT2D eigenvalue weighted by atomic mass is 16.6. The van der Waals surface area contributed by atoms with Crippen molar-refractivity contribution in [2.24, 2.45) is 0 Å². The molecule has 0 radical (unpaired) electrons. The van der Waals surface area contributed by atoms with Crippen molar-refractivity contribution in [1.82, 2.24) is 6.15 Å². The molecule has 0 heterocycles. The van der Waals surface area contributed by atoms with Gasteiger partial charge in [0, 0.05) is 17.8 Å². The highest BCUT2D eigenvalue weighted by Crippen LogP contribution is 2.16. The maximum atomic E-state index is 11.9. The number of nitrogens with zero attached hydrogens (tertiary/aromatic N) is 1. The smallest absolute Gasteiger partial charge is 0.270 e. The molecule has 1 rings (SSSR count). The molecule has 0 saturated heterocycles. The van der Waals surface area contributed by atoms with E-state index in [1.807, 2.05) is 0 Å². The van der Waals surface area contributed by atoms with E-state index in [0.717, 1.165) is 38.5 Å². The first kappa shape index (κ1) is 19.0. The van der Waals surface area contributed by atoms with Crippen molar-refractivity contribution in [2.75, 3.05) is 0 Å². The Hall–Kier alpha value is -0.970. The fourth-order valence-corrected chi connectivity index (χ4v) is 2.78. The van der Waals surface area contributed by atoms with Gasteiger partial charge in [0.15, 0.2) is 0 Å². The minimum absolute atomic E-state index is 0. The van der Waals surface area contributed by atoms with Gasteiger partial charge in [-0.15, -0.1) is 0 Å². The molecule has 0 amide bonds. The highest BCUT2D eigenvalue weighted by molar-refractivity contribution is 5.82. The number of rotatable bonds is 1. The summed E-state index contributed by atoms with van der Waals surface area (Å²) in [6.07, 6.45) is 13.2. The van der Waals surface area contributed by atoms with E-state index in [2.05, 4.69) is 0 Å². The lowest BCUT2D eigenvalue weighted by Crippen LogP contribution is -2.29. The molecule has 1 saturated carbocycles. The fourth-order valence-electron chi connectivity index (χ4n) is 2.78. The van der Waals surface area contributed by atoms with Crippen LogP contribution in [0.25, 0.3) is 0 Å². The number of carbonyl (C=O) groups is 1. The first-order valence-corrected chi connectivity index (χ1v) is 7.88. The van der Waals surface area contributed by atoms with E-state index in [-0.39, 0.29) is 16.9 Å². The normalized spacial score (nSPS) is 24.0. The van der Waals surface area contributed by atoms with E-state index in [9.17, 15) is 14.9 Å². The maximum absolute atomic E-state index is 11.9. The number of hydrogen-bond acceptors (Lipinski definition) is 3. The molecule has 118 valence electrons. The molecule has 5 heteroatoms. The average Bonchev–Trinajstić information content (AvgIpc) is 2.38. The van der Waals surface area contributed by atoms with Crippen LogP contribution in [0.5, 0.6) is 0 Å². The van der Waals surface area contributed by atoms with Gasteiger partial charge in [0.25, 0.3) is 6.04 Å². The van der Waals surface area contributed by atoms with E-state index in [0.29, 0.717) is 12.8 Å². The molecule has 0 aromatic heterocycles. The van der Waals surface area contributed by atoms with Crippen molar-refractivity contribution in [2.45, 2.75) is 89.5 Å². The monoisotopic (exact) mass is 287 g/mol. The summed E-state index contributed by atoms with van der Waals surface area (Å²) in [6, 6.07) is -0.940. The van der Waals surface area contributed by atoms with Crippen LogP contribution in [0.3, 0.4) is 0 Å². The second-order valence-corrected chi connectivity index (χ2v) is 5.70. The topological polar surface area (TPSA) is 96.7 Å². The minimum atomic E-state index is -0.940. The van der Waals surface area contributed by atoms with Crippen LogP contribution >= 0.6 is 0 Å². The van der Waals surface area contributed by atoms with Crippen molar-refractivity contribution >= 4 is 5.78 Å². The molecule has 20 heavy (non-hydrogen) atoms. The van der Waals surface area contributed by atoms with Crippen LogP contribution < -0.4 is 6.15 Å². The van der Waals surface area contributed by atoms with Crippen molar-refractivity contribution in [3.63, 3.8) is 0 Å². The Morgan fingerprint density at radius 3 is 1.65 bits per heavy atom. The van der Waals surface area contributed by atoms with E-state index in [4.69, 9.17) is 0 Å². The van der Waals surface area contributed by atoms with Crippen molar-refractivity contribution < 1.29 is 9.72 Å². The molecular weight excluding hydrogens is 256 g/mol. The number of quaternary nitrogens is 1. The predicted molar refractivity (Wildman–Crippen MR) is 81.8 cm³/mol. The third kappa shape index (κ3) is 8.25. The summed E-state index contributed by atoms with van der Waals surface area (Å²) >= 11 is 0. The Labute approximate surface area is 122 Å². The van der Waals surface area contributed by atoms with Crippen LogP contribution in [0.2, 0.25) is 0 Å². The third-order valence-electron chi connectivity index (χ3n) is 4.03. The van der Waals surface area contributed by atoms with Gasteiger partial charge in [-0.3, -0.25) is 14.9 Å². The molecule has 0 aromatic carbocycles. The number of carbonyl (C=O) groups excluding carboxylic acids is 1. The lowest BCUT2D eigenvalue weighted by atomic mass is 10.00. The highest BCUT2D eigenvalue weighted by Gasteiger charge is 2.27. The van der Waals surface area contributed by atoms with Crippen LogP contribution in [0, 0.1) is 10.1 Å². The summed E-state index contributed by atoms with van der Waals surface area (Å²) in [6.45, 7) is 0. The molecule has 1 atom stereocenters. The molecule has 1 aliphatic carbocycles. The summed E-state index contributed by atoms with van der Waals surface area (Å²) in [5, 5.41) is 10.9. The van der Waals surface area contributed by atoms with Crippen LogP contribution in [-0.2, 0) is 4.79 Å². The second-order valence-electron chi connectivity index (χ2n) is 5.70. The Balaban J connectivity index is 0.00000361. The summed E-state index contributed by atoms with van der Waals surface area (Å²) < 4.78 is 0. The molecule has 0 aliphatic heterocycles. The molecular formula is C15H31N2O3+. The molecule has 1 unspecified atom stereocenters. The van der Waals surface area contributed by atoms with E-state index in [1.54, 1.807) is 0 Å². The molecule has 0 aromatic rings. The molecule has 0 bridgehead atoms. The van der Waals surface area contributed by atoms with Crippen LogP contribution in [0.4, 0.5) is 0 Å². The Morgan fingerprint density at radius 1 is 0.800 bits per heavy atom. The fraction of sp³-hybridized carbons (Fsp3) is 0.933. The van der Waals surface area contributed by atoms with Crippen LogP contribution in [-0.4, -0.2) is 16.7 Å². The van der Waals surface area contributed by atoms with E-state index < -0.39 is 6.04 Å². The second kappa shape index (κ2) is 11.8. The molecule has 1 fully saturated rings. The zero-order chi connectivity index (χ0) is 13.9. The predicted octanol–water partition coefficient (Wildman–Crippen LogP) is 4.66. The number of Topliss-reactive ketones (excluding diaryl/α,β-unsaturated/α-hetero) is 1. The number of nitro groups is 1. The first-order valence-electron chi connectivity index (χ1n) is 7.88. The lowest BCUT2D eigenvalue weighted by Gasteiger charge is -2.08. The van der Waals surface area contributed by atoms with Crippen LogP contribution in [0.15, 0.2) is 0 Å². The molecule has 0 spiro atoms.